The van der Waals surface area contributed by atoms with Gasteiger partial charge in [-0.15, -0.1) is 0 Å². The molecule has 3 rings (SSSR count). The number of hydrogen-bond acceptors (Lipinski definition) is 7. The summed E-state index contributed by atoms with van der Waals surface area (Å²) >= 11 is 1.27. The zero-order chi connectivity index (χ0) is 22.2. The molecule has 1 atom stereocenters. The summed E-state index contributed by atoms with van der Waals surface area (Å²) < 4.78 is 16.5. The van der Waals surface area contributed by atoms with Crippen molar-refractivity contribution < 1.29 is 19.0 Å². The Balaban J connectivity index is 1.63. The molecule has 0 unspecified atom stereocenters. The number of ether oxygens (including phenoxy) is 3. The van der Waals surface area contributed by atoms with Gasteiger partial charge in [-0.1, -0.05) is 29.5 Å². The fourth-order valence-corrected chi connectivity index (χ4v) is 3.58. The molecule has 0 spiro atoms. The highest BCUT2D eigenvalue weighted by atomic mass is 32.2. The normalized spacial score (nSPS) is 11.5. The predicted octanol–water partition coefficient (Wildman–Crippen LogP) is 4.56. The third kappa shape index (κ3) is 6.11. The average molecular weight is 440 g/mol. The third-order valence-corrected chi connectivity index (χ3v) is 5.45. The number of rotatable bonds is 9. The van der Waals surface area contributed by atoms with Crippen molar-refractivity contribution in [3.05, 3.63) is 66.0 Å². The molecule has 8 heteroatoms. The standard InChI is InChI=1S/C23H25N3O4S/c1-15-5-7-17(8-6-15)30-22-23(25-12-11-24-22)31-14-21(27)26-16(2)19-13-18(28-3)9-10-20(19)29-4/h5-13,16H,14H2,1-4H3,(H,26,27)/t16-/m0/s1. The molecule has 0 saturated carbocycles. The van der Waals surface area contributed by atoms with Crippen LogP contribution in [0, 0.1) is 6.92 Å². The predicted molar refractivity (Wildman–Crippen MR) is 120 cm³/mol. The Morgan fingerprint density at radius 3 is 2.45 bits per heavy atom. The fraction of sp³-hybridized carbons (Fsp3) is 0.261. The van der Waals surface area contributed by atoms with E-state index in [9.17, 15) is 4.79 Å². The van der Waals surface area contributed by atoms with Crippen molar-refractivity contribution in [1.82, 2.24) is 15.3 Å². The first-order valence-corrected chi connectivity index (χ1v) is 10.7. The van der Waals surface area contributed by atoms with Crippen LogP contribution in [0.3, 0.4) is 0 Å². The van der Waals surface area contributed by atoms with E-state index in [-0.39, 0.29) is 17.7 Å². The number of carbonyl (C=O) groups excluding carboxylic acids is 1. The molecule has 0 aliphatic heterocycles. The molecule has 1 N–H and O–H groups in total. The SMILES string of the molecule is COc1ccc(OC)c([C@H](C)NC(=O)CSc2nccnc2Oc2ccc(C)cc2)c1. The Hall–Kier alpha value is -3.26. The molecule has 2 aromatic carbocycles. The lowest BCUT2D eigenvalue weighted by Crippen LogP contribution is -2.28. The molecule has 0 bridgehead atoms. The summed E-state index contributed by atoms with van der Waals surface area (Å²) in [7, 11) is 3.20. The van der Waals surface area contributed by atoms with Crippen molar-refractivity contribution in [2.24, 2.45) is 0 Å². The maximum absolute atomic E-state index is 12.6. The number of thioether (sulfide) groups is 1. The number of nitrogens with one attached hydrogen (secondary N) is 1. The molecule has 0 aliphatic rings. The van der Waals surface area contributed by atoms with Crippen LogP contribution >= 0.6 is 11.8 Å². The molecule has 0 aliphatic carbocycles. The van der Waals surface area contributed by atoms with Crippen LogP contribution in [0.1, 0.15) is 24.1 Å². The van der Waals surface area contributed by atoms with Crippen molar-refractivity contribution in [2.45, 2.75) is 24.9 Å². The van der Waals surface area contributed by atoms with E-state index in [0.29, 0.717) is 28.2 Å². The Morgan fingerprint density at radius 1 is 1.03 bits per heavy atom. The largest absolute Gasteiger partial charge is 0.497 e. The molecule has 1 heterocycles. The van der Waals surface area contributed by atoms with Crippen molar-refractivity contribution in [1.29, 1.82) is 0 Å². The molecule has 1 aromatic heterocycles. The van der Waals surface area contributed by atoms with E-state index in [4.69, 9.17) is 14.2 Å². The van der Waals surface area contributed by atoms with E-state index in [1.807, 2.05) is 56.3 Å². The summed E-state index contributed by atoms with van der Waals surface area (Å²) in [6.07, 6.45) is 3.14. The minimum absolute atomic E-state index is 0.144. The van der Waals surface area contributed by atoms with Gasteiger partial charge in [0.2, 0.25) is 5.91 Å². The average Bonchev–Trinajstić information content (AvgIpc) is 2.79. The van der Waals surface area contributed by atoms with Crippen LogP contribution in [-0.2, 0) is 4.79 Å². The van der Waals surface area contributed by atoms with Crippen LogP contribution in [0.2, 0.25) is 0 Å². The van der Waals surface area contributed by atoms with Gasteiger partial charge in [0.15, 0.2) is 5.03 Å². The minimum atomic E-state index is -0.261. The van der Waals surface area contributed by atoms with E-state index >= 15 is 0 Å². The van der Waals surface area contributed by atoms with E-state index in [1.54, 1.807) is 26.6 Å². The molecule has 162 valence electrons. The summed E-state index contributed by atoms with van der Waals surface area (Å²) in [5.41, 5.74) is 1.97. The van der Waals surface area contributed by atoms with Crippen molar-refractivity contribution >= 4 is 17.7 Å². The quantitative estimate of drug-likeness (QED) is 0.489. The number of amides is 1. The second-order valence-electron chi connectivity index (χ2n) is 6.77. The van der Waals surface area contributed by atoms with E-state index in [1.165, 1.54) is 11.8 Å². The van der Waals surface area contributed by atoms with Crippen LogP contribution in [0.15, 0.2) is 59.9 Å². The molecule has 0 radical (unpaired) electrons. The topological polar surface area (TPSA) is 82.6 Å². The van der Waals surface area contributed by atoms with Crippen LogP contribution in [-0.4, -0.2) is 35.8 Å². The number of nitrogens with zero attached hydrogens (tertiary/aromatic N) is 2. The number of methoxy groups -OCH3 is 2. The van der Waals surface area contributed by atoms with Crippen molar-refractivity contribution in [3.8, 4) is 23.1 Å². The Kier molecular flexibility index (Phi) is 7.72. The van der Waals surface area contributed by atoms with Gasteiger partial charge in [-0.05, 0) is 44.2 Å². The van der Waals surface area contributed by atoms with Gasteiger partial charge < -0.3 is 19.5 Å². The zero-order valence-electron chi connectivity index (χ0n) is 17.9. The number of aromatic nitrogens is 2. The summed E-state index contributed by atoms with van der Waals surface area (Å²) in [6, 6.07) is 12.9. The van der Waals surface area contributed by atoms with Gasteiger partial charge in [-0.3, -0.25) is 4.79 Å². The summed E-state index contributed by atoms with van der Waals surface area (Å²) in [6.45, 7) is 3.90. The van der Waals surface area contributed by atoms with Gasteiger partial charge in [0.1, 0.15) is 17.2 Å². The lowest BCUT2D eigenvalue weighted by Gasteiger charge is -2.18. The second kappa shape index (κ2) is 10.7. The van der Waals surface area contributed by atoms with Gasteiger partial charge in [0.05, 0.1) is 26.0 Å². The minimum Gasteiger partial charge on any atom is -0.497 e. The number of hydrogen-bond donors (Lipinski definition) is 1. The number of benzene rings is 2. The monoisotopic (exact) mass is 439 g/mol. The highest BCUT2D eigenvalue weighted by Gasteiger charge is 2.17. The van der Waals surface area contributed by atoms with Gasteiger partial charge in [0.25, 0.3) is 5.88 Å². The number of carbonyl (C=O) groups is 1. The fourth-order valence-electron chi connectivity index (χ4n) is 2.87. The van der Waals surface area contributed by atoms with Gasteiger partial charge in [0, 0.05) is 18.0 Å². The van der Waals surface area contributed by atoms with Crippen LogP contribution in [0.4, 0.5) is 0 Å². The molecule has 1 amide bonds. The van der Waals surface area contributed by atoms with Crippen LogP contribution in [0.5, 0.6) is 23.1 Å². The highest BCUT2D eigenvalue weighted by molar-refractivity contribution is 8.00. The van der Waals surface area contributed by atoms with Crippen molar-refractivity contribution in [3.63, 3.8) is 0 Å². The molecule has 7 nitrogen and oxygen atoms in total. The van der Waals surface area contributed by atoms with Gasteiger partial charge in [-0.2, -0.15) is 0 Å². The van der Waals surface area contributed by atoms with Crippen LogP contribution < -0.4 is 19.5 Å². The Bertz CT molecular complexity index is 1030. The summed E-state index contributed by atoms with van der Waals surface area (Å²) in [5.74, 6) is 2.43. The van der Waals surface area contributed by atoms with Crippen molar-refractivity contribution in [2.75, 3.05) is 20.0 Å². The van der Waals surface area contributed by atoms with Gasteiger partial charge >= 0.3 is 0 Å². The van der Waals surface area contributed by atoms with Gasteiger partial charge in [-0.25, -0.2) is 9.97 Å². The second-order valence-corrected chi connectivity index (χ2v) is 7.73. The first-order valence-electron chi connectivity index (χ1n) is 9.69. The molecular formula is C23H25N3O4S. The Morgan fingerprint density at radius 2 is 1.74 bits per heavy atom. The lowest BCUT2D eigenvalue weighted by atomic mass is 10.1. The molecule has 31 heavy (non-hydrogen) atoms. The maximum atomic E-state index is 12.6. The molecular weight excluding hydrogens is 414 g/mol. The van der Waals surface area contributed by atoms with Crippen LogP contribution in [0.25, 0.3) is 0 Å². The Labute approximate surface area is 186 Å². The highest BCUT2D eigenvalue weighted by Crippen LogP contribution is 2.31. The lowest BCUT2D eigenvalue weighted by molar-refractivity contribution is -0.119. The molecule has 3 aromatic rings. The third-order valence-electron chi connectivity index (χ3n) is 4.49. The van der Waals surface area contributed by atoms with E-state index < -0.39 is 0 Å². The summed E-state index contributed by atoms with van der Waals surface area (Å²) in [5, 5.41) is 3.53. The van der Waals surface area contributed by atoms with E-state index in [2.05, 4.69) is 15.3 Å². The first kappa shape index (κ1) is 22.4. The maximum Gasteiger partial charge on any atom is 0.252 e. The number of aryl methyl sites for hydroxylation is 1. The summed E-state index contributed by atoms with van der Waals surface area (Å²) in [4.78, 5) is 21.1. The first-order chi connectivity index (χ1) is 15.0. The van der Waals surface area contributed by atoms with E-state index in [0.717, 1.165) is 11.1 Å². The molecule has 0 saturated heterocycles. The molecule has 0 fully saturated rings. The smallest absolute Gasteiger partial charge is 0.252 e. The zero-order valence-corrected chi connectivity index (χ0v) is 18.7.